The molecule has 2 heterocycles. The van der Waals surface area contributed by atoms with Gasteiger partial charge in [0.15, 0.2) is 0 Å². The minimum absolute atomic E-state index is 0.0811. The molecule has 1 saturated heterocycles. The van der Waals surface area contributed by atoms with E-state index in [-0.39, 0.29) is 17.9 Å². The minimum Gasteiger partial charge on any atom is -0.337 e. The number of halogens is 1. The second-order valence-corrected chi connectivity index (χ2v) is 9.71. The molecule has 1 atom stereocenters. The van der Waals surface area contributed by atoms with Crippen molar-refractivity contribution in [3.05, 3.63) is 58.7 Å². The molecule has 0 spiro atoms. The topological polar surface area (TPSA) is 65.5 Å². The average Bonchev–Trinajstić information content (AvgIpc) is 2.71. The zero-order valence-electron chi connectivity index (χ0n) is 19.8. The van der Waals surface area contributed by atoms with E-state index in [1.165, 1.54) is 18.3 Å². The number of amides is 2. The van der Waals surface area contributed by atoms with Crippen molar-refractivity contribution < 1.29 is 14.0 Å². The fraction of sp³-hybridized carbons (Fsp3) is 0.480. The van der Waals surface area contributed by atoms with E-state index in [0.717, 1.165) is 23.4 Å². The van der Waals surface area contributed by atoms with E-state index >= 15 is 0 Å². The highest BCUT2D eigenvalue weighted by atomic mass is 19.1. The summed E-state index contributed by atoms with van der Waals surface area (Å²) in [5, 5.41) is 2.82. The van der Waals surface area contributed by atoms with Crippen LogP contribution in [0.2, 0.25) is 0 Å². The number of carbonyl (C=O) groups is 2. The van der Waals surface area contributed by atoms with Crippen molar-refractivity contribution in [3.63, 3.8) is 0 Å². The summed E-state index contributed by atoms with van der Waals surface area (Å²) >= 11 is 0. The lowest BCUT2D eigenvalue weighted by molar-refractivity contribution is -0.144. The lowest BCUT2D eigenvalue weighted by Gasteiger charge is -2.42. The number of nitrogens with one attached hydrogen (secondary N) is 1. The van der Waals surface area contributed by atoms with Gasteiger partial charge in [-0.25, -0.2) is 4.39 Å². The van der Waals surface area contributed by atoms with E-state index in [4.69, 9.17) is 0 Å². The summed E-state index contributed by atoms with van der Waals surface area (Å²) in [4.78, 5) is 33.6. The molecule has 0 radical (unpaired) electrons. The number of hydrogen-bond acceptors (Lipinski definition) is 4. The first-order chi connectivity index (χ1) is 15.0. The van der Waals surface area contributed by atoms with Gasteiger partial charge in [0.2, 0.25) is 5.91 Å². The molecule has 32 heavy (non-hydrogen) atoms. The zero-order valence-corrected chi connectivity index (χ0v) is 19.8. The van der Waals surface area contributed by atoms with Crippen molar-refractivity contribution in [1.82, 2.24) is 14.8 Å². The molecule has 7 heteroatoms. The highest BCUT2D eigenvalue weighted by Gasteiger charge is 2.33. The molecular formula is C25H33FN4O2. The molecule has 2 aromatic rings. The van der Waals surface area contributed by atoms with E-state index in [1.807, 2.05) is 39.5 Å². The quantitative estimate of drug-likeness (QED) is 0.775. The lowest BCUT2D eigenvalue weighted by atomic mass is 9.93. The fourth-order valence-corrected chi connectivity index (χ4v) is 3.98. The Morgan fingerprint density at radius 1 is 1.19 bits per heavy atom. The van der Waals surface area contributed by atoms with E-state index in [9.17, 15) is 14.0 Å². The minimum atomic E-state index is -0.407. The van der Waals surface area contributed by atoms with Gasteiger partial charge in [0.1, 0.15) is 5.82 Å². The van der Waals surface area contributed by atoms with Crippen LogP contribution in [0.15, 0.2) is 30.5 Å². The van der Waals surface area contributed by atoms with Gasteiger partial charge in [0.25, 0.3) is 5.91 Å². The third-order valence-corrected chi connectivity index (χ3v) is 5.91. The van der Waals surface area contributed by atoms with Gasteiger partial charge in [-0.15, -0.1) is 0 Å². The number of anilines is 1. The lowest BCUT2D eigenvalue weighted by Crippen LogP contribution is -2.56. The van der Waals surface area contributed by atoms with Gasteiger partial charge in [-0.2, -0.15) is 0 Å². The molecule has 1 fully saturated rings. The van der Waals surface area contributed by atoms with Gasteiger partial charge in [-0.3, -0.25) is 19.5 Å². The van der Waals surface area contributed by atoms with Crippen LogP contribution in [0.4, 0.5) is 10.1 Å². The van der Waals surface area contributed by atoms with Gasteiger partial charge >= 0.3 is 0 Å². The summed E-state index contributed by atoms with van der Waals surface area (Å²) in [5.41, 5.74) is 2.96. The molecule has 1 aromatic heterocycles. The van der Waals surface area contributed by atoms with E-state index < -0.39 is 11.2 Å². The maximum Gasteiger partial charge on any atom is 0.257 e. The van der Waals surface area contributed by atoms with Crippen LogP contribution in [0.5, 0.6) is 0 Å². The van der Waals surface area contributed by atoms with Gasteiger partial charge in [0.05, 0.1) is 5.56 Å². The summed E-state index contributed by atoms with van der Waals surface area (Å²) in [6, 6.07) is 6.42. The van der Waals surface area contributed by atoms with Crippen molar-refractivity contribution in [1.29, 1.82) is 0 Å². The Morgan fingerprint density at radius 3 is 2.50 bits per heavy atom. The van der Waals surface area contributed by atoms with Crippen molar-refractivity contribution in [3.8, 4) is 0 Å². The molecule has 6 nitrogen and oxygen atoms in total. The molecule has 1 aliphatic rings. The number of pyridine rings is 1. The van der Waals surface area contributed by atoms with Crippen LogP contribution >= 0.6 is 0 Å². The largest absolute Gasteiger partial charge is 0.337 e. The number of carbonyl (C=O) groups excluding carboxylic acids is 2. The SMILES string of the molecule is Cc1ccc(C(=O)Nc2cc(F)cc(CN3CCN(C(=O)C(C)(C)C)[C@@H](C)C3)c2C)cn1. The Labute approximate surface area is 189 Å². The molecule has 1 N–H and O–H groups in total. The highest BCUT2D eigenvalue weighted by Crippen LogP contribution is 2.26. The van der Waals surface area contributed by atoms with E-state index in [2.05, 4.69) is 22.1 Å². The number of nitrogens with zero attached hydrogens (tertiary/aromatic N) is 3. The Bertz CT molecular complexity index is 998. The highest BCUT2D eigenvalue weighted by molar-refractivity contribution is 6.04. The first kappa shape index (κ1) is 23.9. The number of aryl methyl sites for hydroxylation is 1. The number of benzene rings is 1. The van der Waals surface area contributed by atoms with Crippen LogP contribution in [0.25, 0.3) is 0 Å². The summed E-state index contributed by atoms with van der Waals surface area (Å²) < 4.78 is 14.4. The predicted molar refractivity (Wildman–Crippen MR) is 124 cm³/mol. The van der Waals surface area contributed by atoms with Crippen LogP contribution in [-0.4, -0.2) is 52.3 Å². The van der Waals surface area contributed by atoms with Crippen molar-refractivity contribution in [2.45, 2.75) is 54.1 Å². The van der Waals surface area contributed by atoms with E-state index in [1.54, 1.807) is 12.1 Å². The van der Waals surface area contributed by atoms with Crippen molar-refractivity contribution in [2.24, 2.45) is 5.41 Å². The molecule has 172 valence electrons. The van der Waals surface area contributed by atoms with Crippen LogP contribution in [0, 0.1) is 25.1 Å². The van der Waals surface area contributed by atoms with Gasteiger partial charge < -0.3 is 10.2 Å². The molecule has 1 aliphatic heterocycles. The van der Waals surface area contributed by atoms with Crippen LogP contribution < -0.4 is 5.32 Å². The molecule has 3 rings (SSSR count). The monoisotopic (exact) mass is 440 g/mol. The Hall–Kier alpha value is -2.80. The zero-order chi connectivity index (χ0) is 23.6. The van der Waals surface area contributed by atoms with Crippen LogP contribution in [0.1, 0.15) is 54.9 Å². The Balaban J connectivity index is 1.72. The third kappa shape index (κ3) is 5.51. The first-order valence-electron chi connectivity index (χ1n) is 11.0. The number of aromatic nitrogens is 1. The smallest absolute Gasteiger partial charge is 0.257 e. The van der Waals surface area contributed by atoms with Gasteiger partial charge in [-0.05, 0) is 56.2 Å². The normalized spacial score (nSPS) is 17.3. The van der Waals surface area contributed by atoms with Crippen LogP contribution in [-0.2, 0) is 11.3 Å². The number of piperazine rings is 1. The van der Waals surface area contributed by atoms with Crippen LogP contribution in [0.3, 0.4) is 0 Å². The maximum absolute atomic E-state index is 14.4. The summed E-state index contributed by atoms with van der Waals surface area (Å²) in [6.07, 6.45) is 1.51. The van der Waals surface area contributed by atoms with Crippen molar-refractivity contribution >= 4 is 17.5 Å². The van der Waals surface area contributed by atoms with Crippen molar-refractivity contribution in [2.75, 3.05) is 25.0 Å². The summed E-state index contributed by atoms with van der Waals surface area (Å²) in [5.74, 6) is -0.556. The Morgan fingerprint density at radius 2 is 1.91 bits per heavy atom. The molecular weight excluding hydrogens is 407 g/mol. The standard InChI is InChI=1S/C25H33FN4O2/c1-16-7-8-19(13-27-16)23(31)28-22-12-21(26)11-20(18(22)3)15-29-9-10-30(17(2)14-29)24(32)25(4,5)6/h7-8,11-13,17H,9-10,14-15H2,1-6H3,(H,28,31)/t17-/m0/s1. The third-order valence-electron chi connectivity index (χ3n) is 5.91. The predicted octanol–water partition coefficient (Wildman–Crippen LogP) is 4.17. The fourth-order valence-electron chi connectivity index (χ4n) is 3.98. The molecule has 0 saturated carbocycles. The number of hydrogen-bond donors (Lipinski definition) is 1. The molecule has 0 aliphatic carbocycles. The molecule has 0 bridgehead atoms. The average molecular weight is 441 g/mol. The second-order valence-electron chi connectivity index (χ2n) is 9.71. The summed E-state index contributed by atoms with van der Waals surface area (Å²) in [7, 11) is 0. The molecule has 0 unspecified atom stereocenters. The van der Waals surface area contributed by atoms with Gasteiger partial charge in [0, 0.05) is 55.2 Å². The summed E-state index contributed by atoms with van der Waals surface area (Å²) in [6.45, 7) is 14.2. The molecule has 1 aromatic carbocycles. The number of rotatable bonds is 4. The Kier molecular flexibility index (Phi) is 6.98. The van der Waals surface area contributed by atoms with Gasteiger partial charge in [-0.1, -0.05) is 20.8 Å². The second kappa shape index (κ2) is 9.36. The van der Waals surface area contributed by atoms with E-state index in [0.29, 0.717) is 30.9 Å². The molecule has 2 amide bonds. The first-order valence-corrected chi connectivity index (χ1v) is 11.0. The maximum atomic E-state index is 14.4.